The van der Waals surface area contributed by atoms with E-state index in [1.807, 2.05) is 12.1 Å². The Bertz CT molecular complexity index is 425. The van der Waals surface area contributed by atoms with Crippen LogP contribution >= 0.6 is 0 Å². The van der Waals surface area contributed by atoms with E-state index in [1.165, 1.54) is 0 Å². The van der Waals surface area contributed by atoms with E-state index in [1.54, 1.807) is 6.07 Å². The van der Waals surface area contributed by atoms with Gasteiger partial charge in [0.2, 0.25) is 0 Å². The number of rotatable bonds is 3. The minimum Gasteiger partial charge on any atom is -0.364 e. The average molecular weight is 248 g/mol. The summed E-state index contributed by atoms with van der Waals surface area (Å²) in [6.45, 7) is 3.93. The fourth-order valence-corrected chi connectivity index (χ4v) is 2.39. The summed E-state index contributed by atoms with van der Waals surface area (Å²) in [6, 6.07) is 5.62. The van der Waals surface area contributed by atoms with E-state index in [0.29, 0.717) is 11.6 Å². The van der Waals surface area contributed by atoms with Crippen LogP contribution in [0.2, 0.25) is 0 Å². The molecule has 0 aromatic carbocycles. The second-order valence-corrected chi connectivity index (χ2v) is 4.93. The molecule has 1 saturated heterocycles. The van der Waals surface area contributed by atoms with Crippen molar-refractivity contribution in [2.45, 2.75) is 25.8 Å². The Morgan fingerprint density at radius 1 is 1.44 bits per heavy atom. The molecule has 1 aromatic heterocycles. The maximum atomic E-state index is 11.1. The summed E-state index contributed by atoms with van der Waals surface area (Å²) in [5.74, 6) is 0.928. The monoisotopic (exact) mass is 248 g/mol. The Labute approximate surface area is 107 Å². The zero-order valence-corrected chi connectivity index (χ0v) is 10.7. The fourth-order valence-electron chi connectivity index (χ4n) is 2.39. The number of aromatic nitrogens is 1. The largest absolute Gasteiger partial charge is 0.364 e. The van der Waals surface area contributed by atoms with Crippen LogP contribution in [0.1, 0.15) is 30.3 Å². The molecule has 1 aliphatic rings. The van der Waals surface area contributed by atoms with Crippen LogP contribution in [-0.2, 0) is 0 Å². The third-order valence-corrected chi connectivity index (χ3v) is 3.59. The molecule has 0 spiro atoms. The highest BCUT2D eigenvalue weighted by Crippen LogP contribution is 2.23. The predicted octanol–water partition coefficient (Wildman–Crippen LogP) is 0.744. The summed E-state index contributed by atoms with van der Waals surface area (Å²) in [4.78, 5) is 17.6. The van der Waals surface area contributed by atoms with Crippen molar-refractivity contribution in [3.63, 3.8) is 0 Å². The van der Waals surface area contributed by atoms with Crippen molar-refractivity contribution < 1.29 is 4.79 Å². The molecule has 18 heavy (non-hydrogen) atoms. The lowest BCUT2D eigenvalue weighted by atomic mass is 9.91. The topological polar surface area (TPSA) is 85.2 Å². The normalized spacial score (nSPS) is 18.7. The minimum atomic E-state index is -0.484. The molecule has 0 bridgehead atoms. The van der Waals surface area contributed by atoms with Crippen molar-refractivity contribution in [2.75, 3.05) is 18.0 Å². The predicted molar refractivity (Wildman–Crippen MR) is 71.3 cm³/mol. The summed E-state index contributed by atoms with van der Waals surface area (Å²) in [5, 5.41) is 0. The number of carbonyl (C=O) groups excluding carboxylic acids is 1. The maximum Gasteiger partial charge on any atom is 0.267 e. The van der Waals surface area contributed by atoms with Gasteiger partial charge in [-0.25, -0.2) is 4.98 Å². The molecule has 1 atom stereocenters. The molecule has 0 aliphatic carbocycles. The average Bonchev–Trinajstić information content (AvgIpc) is 2.39. The summed E-state index contributed by atoms with van der Waals surface area (Å²) in [6.07, 6.45) is 2.14. The highest BCUT2D eigenvalue weighted by Gasteiger charge is 2.22. The molecular formula is C13H20N4O. The van der Waals surface area contributed by atoms with Gasteiger partial charge < -0.3 is 16.4 Å². The van der Waals surface area contributed by atoms with Gasteiger partial charge in [0.1, 0.15) is 11.5 Å². The second kappa shape index (κ2) is 5.35. The van der Waals surface area contributed by atoms with E-state index in [4.69, 9.17) is 11.5 Å². The van der Waals surface area contributed by atoms with E-state index >= 15 is 0 Å². The van der Waals surface area contributed by atoms with E-state index in [9.17, 15) is 4.79 Å². The van der Waals surface area contributed by atoms with Crippen molar-refractivity contribution in [2.24, 2.45) is 17.4 Å². The first-order valence-corrected chi connectivity index (χ1v) is 6.35. The van der Waals surface area contributed by atoms with Crippen molar-refractivity contribution in [1.29, 1.82) is 0 Å². The maximum absolute atomic E-state index is 11.1. The number of piperidine rings is 1. The third-order valence-electron chi connectivity index (χ3n) is 3.59. The van der Waals surface area contributed by atoms with Gasteiger partial charge in [0.05, 0.1) is 0 Å². The van der Waals surface area contributed by atoms with Gasteiger partial charge in [-0.05, 0) is 37.8 Å². The van der Waals surface area contributed by atoms with Crippen molar-refractivity contribution in [3.8, 4) is 0 Å². The van der Waals surface area contributed by atoms with E-state index in [0.717, 1.165) is 31.7 Å². The SMILES string of the molecule is CC(N)C1CCN(c2cccc(C(N)=O)n2)CC1. The Kier molecular flexibility index (Phi) is 3.81. The number of nitrogens with two attached hydrogens (primary N) is 2. The van der Waals surface area contributed by atoms with E-state index in [-0.39, 0.29) is 6.04 Å². The standard InChI is InChI=1S/C13H20N4O/c1-9(14)10-5-7-17(8-6-10)12-4-2-3-11(16-12)13(15)18/h2-4,9-10H,5-8,14H2,1H3,(H2,15,18). The number of primary amides is 1. The summed E-state index contributed by atoms with van der Waals surface area (Å²) in [7, 11) is 0. The molecule has 4 N–H and O–H groups in total. The molecule has 1 aliphatic heterocycles. The van der Waals surface area contributed by atoms with Crippen LogP contribution in [-0.4, -0.2) is 30.0 Å². The first-order valence-electron chi connectivity index (χ1n) is 6.35. The number of carbonyl (C=O) groups is 1. The molecule has 1 amide bonds. The molecule has 5 heteroatoms. The van der Waals surface area contributed by atoms with Gasteiger partial charge in [-0.15, -0.1) is 0 Å². The first-order chi connectivity index (χ1) is 8.58. The van der Waals surface area contributed by atoms with Crippen LogP contribution < -0.4 is 16.4 Å². The quantitative estimate of drug-likeness (QED) is 0.826. The smallest absolute Gasteiger partial charge is 0.267 e. The lowest BCUT2D eigenvalue weighted by molar-refractivity contribution is 0.0995. The molecule has 1 aromatic rings. The number of anilines is 1. The van der Waals surface area contributed by atoms with Gasteiger partial charge in [-0.2, -0.15) is 0 Å². The van der Waals surface area contributed by atoms with Gasteiger partial charge in [-0.3, -0.25) is 4.79 Å². The van der Waals surface area contributed by atoms with Gasteiger partial charge in [0, 0.05) is 19.1 Å². The summed E-state index contributed by atoms with van der Waals surface area (Å²) >= 11 is 0. The van der Waals surface area contributed by atoms with Gasteiger partial charge in [0.25, 0.3) is 5.91 Å². The zero-order valence-electron chi connectivity index (χ0n) is 10.7. The Morgan fingerprint density at radius 3 is 2.67 bits per heavy atom. The molecule has 98 valence electrons. The van der Waals surface area contributed by atoms with Crippen LogP contribution in [0.15, 0.2) is 18.2 Å². The van der Waals surface area contributed by atoms with E-state index in [2.05, 4.69) is 16.8 Å². The van der Waals surface area contributed by atoms with Gasteiger partial charge in [0.15, 0.2) is 0 Å². The summed E-state index contributed by atoms with van der Waals surface area (Å²) in [5.41, 5.74) is 11.5. The molecule has 5 nitrogen and oxygen atoms in total. The highest BCUT2D eigenvalue weighted by atomic mass is 16.1. The molecule has 1 unspecified atom stereocenters. The lowest BCUT2D eigenvalue weighted by Crippen LogP contribution is -2.40. The molecule has 0 saturated carbocycles. The zero-order chi connectivity index (χ0) is 13.1. The number of amides is 1. The third kappa shape index (κ3) is 2.79. The van der Waals surface area contributed by atoms with Crippen LogP contribution in [0.3, 0.4) is 0 Å². The van der Waals surface area contributed by atoms with Crippen LogP contribution in [0.5, 0.6) is 0 Å². The summed E-state index contributed by atoms with van der Waals surface area (Å²) < 4.78 is 0. The molecule has 1 fully saturated rings. The Morgan fingerprint density at radius 2 is 2.11 bits per heavy atom. The van der Waals surface area contributed by atoms with Crippen molar-refractivity contribution >= 4 is 11.7 Å². The van der Waals surface area contributed by atoms with Crippen LogP contribution in [0.4, 0.5) is 5.82 Å². The lowest BCUT2D eigenvalue weighted by Gasteiger charge is -2.34. The van der Waals surface area contributed by atoms with E-state index < -0.39 is 5.91 Å². The Balaban J connectivity index is 2.05. The fraction of sp³-hybridized carbons (Fsp3) is 0.538. The molecule has 2 heterocycles. The first kappa shape index (κ1) is 12.8. The van der Waals surface area contributed by atoms with Crippen LogP contribution in [0, 0.1) is 5.92 Å². The molecular weight excluding hydrogens is 228 g/mol. The van der Waals surface area contributed by atoms with Crippen molar-refractivity contribution in [3.05, 3.63) is 23.9 Å². The number of hydrogen-bond acceptors (Lipinski definition) is 4. The van der Waals surface area contributed by atoms with Crippen molar-refractivity contribution in [1.82, 2.24) is 4.98 Å². The van der Waals surface area contributed by atoms with Crippen LogP contribution in [0.25, 0.3) is 0 Å². The molecule has 0 radical (unpaired) electrons. The van der Waals surface area contributed by atoms with Gasteiger partial charge in [-0.1, -0.05) is 6.07 Å². The minimum absolute atomic E-state index is 0.247. The number of nitrogens with zero attached hydrogens (tertiary/aromatic N) is 2. The molecule has 2 rings (SSSR count). The number of pyridine rings is 1. The Hall–Kier alpha value is -1.62. The van der Waals surface area contributed by atoms with Gasteiger partial charge >= 0.3 is 0 Å². The number of hydrogen-bond donors (Lipinski definition) is 2. The second-order valence-electron chi connectivity index (χ2n) is 4.93. The highest BCUT2D eigenvalue weighted by molar-refractivity contribution is 5.91.